The molecule has 1 aromatic rings. The highest BCUT2D eigenvalue weighted by Crippen LogP contribution is 2.06. The number of aryl methyl sites for hydroxylation is 1. The van der Waals surface area contributed by atoms with E-state index in [1.54, 1.807) is 12.1 Å². The van der Waals surface area contributed by atoms with Gasteiger partial charge in [0, 0.05) is 5.56 Å². The second kappa shape index (κ2) is 6.16. The van der Waals surface area contributed by atoms with E-state index in [1.165, 1.54) is 6.92 Å². The fourth-order valence-corrected chi connectivity index (χ4v) is 1.51. The van der Waals surface area contributed by atoms with Crippen LogP contribution in [-0.2, 0) is 11.2 Å². The quantitative estimate of drug-likeness (QED) is 0.723. The number of carboxylic acids is 1. The number of nitrogens with one attached hydrogen (secondary N) is 1. The summed E-state index contributed by atoms with van der Waals surface area (Å²) in [5.41, 5.74) is 1.47. The molecule has 0 aliphatic heterocycles. The van der Waals surface area contributed by atoms with Crippen molar-refractivity contribution in [3.63, 3.8) is 0 Å². The van der Waals surface area contributed by atoms with Crippen molar-refractivity contribution < 1.29 is 19.8 Å². The van der Waals surface area contributed by atoms with Crippen LogP contribution in [0.4, 0.5) is 0 Å². The summed E-state index contributed by atoms with van der Waals surface area (Å²) in [4.78, 5) is 22.6. The minimum absolute atomic E-state index is 0.374. The van der Waals surface area contributed by atoms with Crippen LogP contribution in [0.3, 0.4) is 0 Å². The van der Waals surface area contributed by atoms with Crippen LogP contribution < -0.4 is 5.32 Å². The lowest BCUT2D eigenvalue weighted by molar-refractivity contribution is -0.141. The Hall–Kier alpha value is -1.88. The smallest absolute Gasteiger partial charge is 0.328 e. The van der Waals surface area contributed by atoms with E-state index >= 15 is 0 Å². The fraction of sp³-hybridized carbons (Fsp3) is 0.385. The normalized spacial score (nSPS) is 13.7. The molecule has 0 fully saturated rings. The Balaban J connectivity index is 2.77. The number of carboxylic acid groups (broad SMARTS) is 1. The lowest BCUT2D eigenvalue weighted by atomic mass is 10.1. The topological polar surface area (TPSA) is 86.6 Å². The van der Waals surface area contributed by atoms with E-state index in [2.05, 4.69) is 5.32 Å². The predicted molar refractivity (Wildman–Crippen MR) is 66.4 cm³/mol. The molecule has 0 radical (unpaired) electrons. The maximum atomic E-state index is 11.8. The molecule has 0 unspecified atom stereocenters. The van der Waals surface area contributed by atoms with E-state index < -0.39 is 24.0 Å². The predicted octanol–water partition coefficient (Wildman–Crippen LogP) is 0.813. The van der Waals surface area contributed by atoms with Crippen LogP contribution in [0.25, 0.3) is 0 Å². The Labute approximate surface area is 105 Å². The Morgan fingerprint density at radius 1 is 1.28 bits per heavy atom. The summed E-state index contributed by atoms with van der Waals surface area (Å²) in [7, 11) is 0. The number of carbonyl (C=O) groups is 2. The SMILES string of the molecule is CCc1ccc(C(=O)N[C@H](C(=O)O)[C@@H](C)O)cc1. The standard InChI is InChI=1S/C13H17NO4/c1-3-9-4-6-10(7-5-9)12(16)14-11(8(2)15)13(17)18/h4-8,11,15H,3H2,1-2H3,(H,14,16)(H,17,18)/t8-,11+/m1/s1. The van der Waals surface area contributed by atoms with E-state index in [0.29, 0.717) is 5.56 Å². The van der Waals surface area contributed by atoms with Gasteiger partial charge in [-0.2, -0.15) is 0 Å². The van der Waals surface area contributed by atoms with Gasteiger partial charge in [-0.15, -0.1) is 0 Å². The van der Waals surface area contributed by atoms with Gasteiger partial charge in [-0.3, -0.25) is 4.79 Å². The van der Waals surface area contributed by atoms with Crippen molar-refractivity contribution in [2.45, 2.75) is 32.4 Å². The molecule has 98 valence electrons. The summed E-state index contributed by atoms with van der Waals surface area (Å²) < 4.78 is 0. The minimum atomic E-state index is -1.30. The van der Waals surface area contributed by atoms with Crippen molar-refractivity contribution in [3.05, 3.63) is 35.4 Å². The van der Waals surface area contributed by atoms with Gasteiger partial charge in [-0.05, 0) is 31.0 Å². The van der Waals surface area contributed by atoms with E-state index in [0.717, 1.165) is 12.0 Å². The summed E-state index contributed by atoms with van der Waals surface area (Å²) in [5.74, 6) is -1.77. The maximum Gasteiger partial charge on any atom is 0.328 e. The Bertz CT molecular complexity index is 425. The maximum absolute atomic E-state index is 11.8. The molecular formula is C13H17NO4. The van der Waals surface area contributed by atoms with Gasteiger partial charge in [0.15, 0.2) is 6.04 Å². The van der Waals surface area contributed by atoms with Crippen molar-refractivity contribution in [3.8, 4) is 0 Å². The van der Waals surface area contributed by atoms with Crippen LogP contribution in [0.15, 0.2) is 24.3 Å². The molecular weight excluding hydrogens is 234 g/mol. The summed E-state index contributed by atoms with van der Waals surface area (Å²) in [6.45, 7) is 3.32. The first-order valence-electron chi connectivity index (χ1n) is 5.76. The average molecular weight is 251 g/mol. The summed E-state index contributed by atoms with van der Waals surface area (Å²) >= 11 is 0. The lowest BCUT2D eigenvalue weighted by Crippen LogP contribution is -2.47. The van der Waals surface area contributed by atoms with Crippen LogP contribution >= 0.6 is 0 Å². The van der Waals surface area contributed by atoms with Gasteiger partial charge in [0.25, 0.3) is 5.91 Å². The number of aliphatic hydroxyl groups is 1. The number of amides is 1. The first kappa shape index (κ1) is 14.2. The van der Waals surface area contributed by atoms with Crippen molar-refractivity contribution in [1.29, 1.82) is 0 Å². The molecule has 1 aromatic carbocycles. The van der Waals surface area contributed by atoms with Gasteiger partial charge in [-0.25, -0.2) is 4.79 Å². The van der Waals surface area contributed by atoms with E-state index in [9.17, 15) is 14.7 Å². The number of benzene rings is 1. The molecule has 0 aliphatic rings. The summed E-state index contributed by atoms with van der Waals surface area (Å²) in [6, 6.07) is 5.59. The fourth-order valence-electron chi connectivity index (χ4n) is 1.51. The van der Waals surface area contributed by atoms with Crippen molar-refractivity contribution in [2.75, 3.05) is 0 Å². The van der Waals surface area contributed by atoms with Crippen LogP contribution in [0, 0.1) is 0 Å². The lowest BCUT2D eigenvalue weighted by Gasteiger charge is -2.17. The summed E-state index contributed by atoms with van der Waals surface area (Å²) in [5, 5.41) is 20.4. The molecule has 0 aromatic heterocycles. The average Bonchev–Trinajstić information content (AvgIpc) is 2.35. The molecule has 5 heteroatoms. The monoisotopic (exact) mass is 251 g/mol. The second-order valence-corrected chi connectivity index (χ2v) is 4.08. The molecule has 2 atom stereocenters. The van der Waals surface area contributed by atoms with Crippen LogP contribution in [0.2, 0.25) is 0 Å². The Morgan fingerprint density at radius 2 is 1.83 bits per heavy atom. The Kier molecular flexibility index (Phi) is 4.85. The van der Waals surface area contributed by atoms with Crippen LogP contribution in [0.5, 0.6) is 0 Å². The largest absolute Gasteiger partial charge is 0.480 e. The number of aliphatic hydroxyl groups excluding tert-OH is 1. The van der Waals surface area contributed by atoms with Crippen molar-refractivity contribution >= 4 is 11.9 Å². The summed E-state index contributed by atoms with van der Waals surface area (Å²) in [6.07, 6.45) is -0.283. The number of hydrogen-bond acceptors (Lipinski definition) is 3. The van der Waals surface area contributed by atoms with Crippen LogP contribution in [0.1, 0.15) is 29.8 Å². The van der Waals surface area contributed by atoms with E-state index in [-0.39, 0.29) is 0 Å². The van der Waals surface area contributed by atoms with Gasteiger partial charge in [0.2, 0.25) is 0 Å². The van der Waals surface area contributed by atoms with Gasteiger partial charge in [0.1, 0.15) is 0 Å². The molecule has 0 saturated carbocycles. The zero-order valence-corrected chi connectivity index (χ0v) is 10.4. The highest BCUT2D eigenvalue weighted by atomic mass is 16.4. The third-order valence-corrected chi connectivity index (χ3v) is 2.66. The molecule has 3 N–H and O–H groups in total. The number of carbonyl (C=O) groups excluding carboxylic acids is 1. The molecule has 18 heavy (non-hydrogen) atoms. The zero-order valence-electron chi connectivity index (χ0n) is 10.4. The molecule has 0 spiro atoms. The minimum Gasteiger partial charge on any atom is -0.480 e. The molecule has 0 aliphatic carbocycles. The highest BCUT2D eigenvalue weighted by Gasteiger charge is 2.25. The van der Waals surface area contributed by atoms with Gasteiger partial charge < -0.3 is 15.5 Å². The third kappa shape index (κ3) is 3.56. The van der Waals surface area contributed by atoms with Gasteiger partial charge in [-0.1, -0.05) is 19.1 Å². The van der Waals surface area contributed by atoms with Gasteiger partial charge >= 0.3 is 5.97 Å². The first-order valence-corrected chi connectivity index (χ1v) is 5.76. The van der Waals surface area contributed by atoms with E-state index in [4.69, 9.17) is 5.11 Å². The first-order chi connectivity index (χ1) is 8.45. The molecule has 1 amide bonds. The number of hydrogen-bond donors (Lipinski definition) is 3. The molecule has 0 bridgehead atoms. The number of aliphatic carboxylic acids is 1. The third-order valence-electron chi connectivity index (χ3n) is 2.66. The molecule has 0 saturated heterocycles. The second-order valence-electron chi connectivity index (χ2n) is 4.08. The van der Waals surface area contributed by atoms with Crippen molar-refractivity contribution in [2.24, 2.45) is 0 Å². The molecule has 5 nitrogen and oxygen atoms in total. The number of rotatable bonds is 5. The van der Waals surface area contributed by atoms with E-state index in [1.807, 2.05) is 19.1 Å². The zero-order chi connectivity index (χ0) is 13.7. The Morgan fingerprint density at radius 3 is 2.22 bits per heavy atom. The van der Waals surface area contributed by atoms with Crippen molar-refractivity contribution in [1.82, 2.24) is 5.32 Å². The highest BCUT2D eigenvalue weighted by molar-refractivity contribution is 5.96. The molecule has 1 rings (SSSR count). The molecule has 0 heterocycles. The van der Waals surface area contributed by atoms with Crippen LogP contribution in [-0.4, -0.2) is 34.2 Å². The van der Waals surface area contributed by atoms with Gasteiger partial charge in [0.05, 0.1) is 6.10 Å².